The number of hydrogen-bond acceptors (Lipinski definition) is 6. The van der Waals surface area contributed by atoms with E-state index in [0.29, 0.717) is 35.8 Å². The highest BCUT2D eigenvalue weighted by molar-refractivity contribution is 6.01. The van der Waals surface area contributed by atoms with E-state index in [0.717, 1.165) is 18.7 Å². The minimum absolute atomic E-state index is 0.00605. The number of rotatable bonds is 15. The van der Waals surface area contributed by atoms with Crippen molar-refractivity contribution in [1.82, 2.24) is 15.1 Å². The van der Waals surface area contributed by atoms with E-state index in [9.17, 15) is 19.2 Å². The zero-order chi connectivity index (χ0) is 28.8. The molecule has 2 aromatic carbocycles. The van der Waals surface area contributed by atoms with Crippen molar-refractivity contribution in [3.8, 4) is 5.75 Å². The molecule has 212 valence electrons. The molecule has 11 nitrogen and oxygen atoms in total. The SMILES string of the molecule is CCN(CC)CCN(CCC(=O)O)C(=O)CNC(=O)Cc1ccc(NC(=O)Nc2ccccc2C)c(OC)c1. The van der Waals surface area contributed by atoms with Crippen LogP contribution < -0.4 is 20.7 Å². The van der Waals surface area contributed by atoms with Gasteiger partial charge in [-0.05, 0) is 49.3 Å². The predicted octanol–water partition coefficient (Wildman–Crippen LogP) is 2.95. The lowest BCUT2D eigenvalue weighted by atomic mass is 10.1. The normalized spacial score (nSPS) is 10.6. The number of nitrogens with one attached hydrogen (secondary N) is 3. The number of para-hydroxylation sites is 1. The number of aryl methyl sites for hydroxylation is 1. The summed E-state index contributed by atoms with van der Waals surface area (Å²) in [6, 6.07) is 12.0. The van der Waals surface area contributed by atoms with Crippen LogP contribution in [0.4, 0.5) is 16.2 Å². The zero-order valence-electron chi connectivity index (χ0n) is 23.1. The summed E-state index contributed by atoms with van der Waals surface area (Å²) in [4.78, 5) is 52.4. The van der Waals surface area contributed by atoms with Crippen LogP contribution in [0.2, 0.25) is 0 Å². The second-order valence-electron chi connectivity index (χ2n) is 8.93. The van der Waals surface area contributed by atoms with Gasteiger partial charge in [0.1, 0.15) is 5.75 Å². The molecule has 2 rings (SSSR count). The molecule has 0 saturated heterocycles. The molecule has 0 spiro atoms. The lowest BCUT2D eigenvalue weighted by molar-refractivity contribution is -0.139. The first-order chi connectivity index (χ1) is 18.7. The first-order valence-corrected chi connectivity index (χ1v) is 13.0. The van der Waals surface area contributed by atoms with Crippen LogP contribution in [-0.4, -0.2) is 85.1 Å². The molecule has 11 heteroatoms. The van der Waals surface area contributed by atoms with Crippen LogP contribution in [0.15, 0.2) is 42.5 Å². The number of aliphatic carboxylic acids is 1. The number of carbonyl (C=O) groups is 4. The summed E-state index contributed by atoms with van der Waals surface area (Å²) in [7, 11) is 1.46. The van der Waals surface area contributed by atoms with E-state index in [4.69, 9.17) is 9.84 Å². The Labute approximate surface area is 229 Å². The van der Waals surface area contributed by atoms with E-state index in [1.807, 2.05) is 39.0 Å². The Balaban J connectivity index is 1.94. The van der Waals surface area contributed by atoms with Gasteiger partial charge in [0.25, 0.3) is 0 Å². The number of carbonyl (C=O) groups excluding carboxylic acids is 3. The molecule has 0 atom stereocenters. The highest BCUT2D eigenvalue weighted by Crippen LogP contribution is 2.26. The number of carboxylic acids is 1. The molecule has 0 aliphatic carbocycles. The van der Waals surface area contributed by atoms with Gasteiger partial charge in [-0.2, -0.15) is 0 Å². The van der Waals surface area contributed by atoms with Crippen LogP contribution in [-0.2, 0) is 20.8 Å². The van der Waals surface area contributed by atoms with Crippen LogP contribution in [0.1, 0.15) is 31.4 Å². The van der Waals surface area contributed by atoms with E-state index < -0.39 is 12.0 Å². The number of amides is 4. The number of urea groups is 1. The molecule has 4 amide bonds. The van der Waals surface area contributed by atoms with Gasteiger partial charge < -0.3 is 35.6 Å². The molecule has 0 fully saturated rings. The summed E-state index contributed by atoms with van der Waals surface area (Å²) in [6.45, 7) is 8.43. The van der Waals surface area contributed by atoms with Gasteiger partial charge in [0.15, 0.2) is 0 Å². The maximum absolute atomic E-state index is 12.7. The van der Waals surface area contributed by atoms with Crippen molar-refractivity contribution in [2.45, 2.75) is 33.6 Å². The zero-order valence-corrected chi connectivity index (χ0v) is 23.1. The second-order valence-corrected chi connectivity index (χ2v) is 8.93. The van der Waals surface area contributed by atoms with Crippen LogP contribution in [0.3, 0.4) is 0 Å². The number of benzene rings is 2. The predicted molar refractivity (Wildman–Crippen MR) is 150 cm³/mol. The molecule has 0 saturated carbocycles. The fourth-order valence-electron chi connectivity index (χ4n) is 3.87. The maximum atomic E-state index is 12.7. The highest BCUT2D eigenvalue weighted by atomic mass is 16.5. The highest BCUT2D eigenvalue weighted by Gasteiger charge is 2.17. The second kappa shape index (κ2) is 16.0. The van der Waals surface area contributed by atoms with Crippen molar-refractivity contribution in [3.63, 3.8) is 0 Å². The van der Waals surface area contributed by atoms with E-state index >= 15 is 0 Å². The summed E-state index contributed by atoms with van der Waals surface area (Å²) in [5.74, 6) is -1.31. The molecule has 4 N–H and O–H groups in total. The maximum Gasteiger partial charge on any atom is 0.323 e. The summed E-state index contributed by atoms with van der Waals surface area (Å²) in [5.41, 5.74) is 2.68. The standard InChI is InChI=1S/C28H39N5O6/c1-5-32(6-2)15-16-33(14-13-27(36)37)26(35)19-29-25(34)18-21-11-12-23(24(17-21)39-4)31-28(38)30-22-10-8-7-9-20(22)3/h7-12,17H,5-6,13-16,18-19H2,1-4H3,(H,29,34)(H,36,37)(H2,30,31,38). The van der Waals surface area contributed by atoms with Crippen LogP contribution >= 0.6 is 0 Å². The quantitative estimate of drug-likeness (QED) is 0.272. The largest absolute Gasteiger partial charge is 0.495 e. The van der Waals surface area contributed by atoms with Crippen molar-refractivity contribution < 1.29 is 29.0 Å². The molecular weight excluding hydrogens is 502 g/mol. The lowest BCUT2D eigenvalue weighted by Gasteiger charge is -2.26. The summed E-state index contributed by atoms with van der Waals surface area (Å²) >= 11 is 0. The molecule has 0 aliphatic heterocycles. The Morgan fingerprint density at radius 3 is 2.26 bits per heavy atom. The summed E-state index contributed by atoms with van der Waals surface area (Å²) < 4.78 is 5.40. The third-order valence-corrected chi connectivity index (χ3v) is 6.24. The Morgan fingerprint density at radius 1 is 0.923 bits per heavy atom. The topological polar surface area (TPSA) is 140 Å². The number of anilines is 2. The summed E-state index contributed by atoms with van der Waals surface area (Å²) in [6.07, 6.45) is -0.172. The van der Waals surface area contributed by atoms with Gasteiger partial charge in [0, 0.05) is 25.3 Å². The van der Waals surface area contributed by atoms with Crippen molar-refractivity contribution in [1.29, 1.82) is 0 Å². The number of nitrogens with zero attached hydrogens (tertiary/aromatic N) is 2. The average molecular weight is 542 g/mol. The third kappa shape index (κ3) is 10.6. The van der Waals surface area contributed by atoms with E-state index in [-0.39, 0.29) is 37.7 Å². The van der Waals surface area contributed by atoms with Crippen LogP contribution in [0.25, 0.3) is 0 Å². The number of carboxylic acid groups (broad SMARTS) is 1. The molecule has 0 bridgehead atoms. The minimum atomic E-state index is -0.987. The van der Waals surface area contributed by atoms with Gasteiger partial charge in [-0.1, -0.05) is 38.1 Å². The Hall–Kier alpha value is -4.12. The van der Waals surface area contributed by atoms with Gasteiger partial charge in [0.2, 0.25) is 11.8 Å². The molecule has 0 heterocycles. The first kappa shape index (κ1) is 31.1. The molecule has 0 aliphatic rings. The fraction of sp³-hybridized carbons (Fsp3) is 0.429. The van der Waals surface area contributed by atoms with Gasteiger partial charge in [-0.25, -0.2) is 4.79 Å². The van der Waals surface area contributed by atoms with Gasteiger partial charge in [-0.3, -0.25) is 14.4 Å². The third-order valence-electron chi connectivity index (χ3n) is 6.24. The number of ether oxygens (including phenoxy) is 1. The number of likely N-dealkylation sites (N-methyl/N-ethyl adjacent to an activating group) is 1. The molecule has 0 unspecified atom stereocenters. The Bertz CT molecular complexity index is 1140. The number of hydrogen-bond donors (Lipinski definition) is 4. The molecule has 2 aromatic rings. The molecular formula is C28H39N5O6. The Morgan fingerprint density at radius 2 is 1.62 bits per heavy atom. The Kier molecular flexibility index (Phi) is 12.7. The first-order valence-electron chi connectivity index (χ1n) is 13.0. The van der Waals surface area contributed by atoms with E-state index in [2.05, 4.69) is 20.9 Å². The van der Waals surface area contributed by atoms with Gasteiger partial charge >= 0.3 is 12.0 Å². The van der Waals surface area contributed by atoms with Crippen molar-refractivity contribution in [3.05, 3.63) is 53.6 Å². The monoisotopic (exact) mass is 541 g/mol. The fourth-order valence-corrected chi connectivity index (χ4v) is 3.87. The van der Waals surface area contributed by atoms with E-state index in [1.165, 1.54) is 12.0 Å². The average Bonchev–Trinajstić information content (AvgIpc) is 2.91. The van der Waals surface area contributed by atoms with E-state index in [1.54, 1.807) is 24.3 Å². The van der Waals surface area contributed by atoms with Crippen molar-refractivity contribution in [2.75, 3.05) is 57.0 Å². The molecule has 0 radical (unpaired) electrons. The van der Waals surface area contributed by atoms with Crippen molar-refractivity contribution in [2.24, 2.45) is 0 Å². The lowest BCUT2D eigenvalue weighted by Crippen LogP contribution is -2.44. The van der Waals surface area contributed by atoms with Crippen LogP contribution in [0, 0.1) is 6.92 Å². The van der Waals surface area contributed by atoms with Gasteiger partial charge in [-0.15, -0.1) is 0 Å². The minimum Gasteiger partial charge on any atom is -0.495 e. The summed E-state index contributed by atoms with van der Waals surface area (Å²) in [5, 5.41) is 17.2. The number of methoxy groups -OCH3 is 1. The van der Waals surface area contributed by atoms with Crippen molar-refractivity contribution >= 4 is 35.2 Å². The molecule has 39 heavy (non-hydrogen) atoms. The smallest absolute Gasteiger partial charge is 0.323 e. The molecule has 0 aromatic heterocycles. The van der Waals surface area contributed by atoms with Crippen LogP contribution in [0.5, 0.6) is 5.75 Å². The van der Waals surface area contributed by atoms with Gasteiger partial charge in [0.05, 0.1) is 32.2 Å².